The zero-order valence-electron chi connectivity index (χ0n) is 36.2. The molecule has 0 aliphatic heterocycles. The van der Waals surface area contributed by atoms with E-state index in [9.17, 15) is 34.1 Å². The number of unbranched alkanes of at least 4 members (excludes halogenated alkanes) is 25. The molecule has 0 bridgehead atoms. The highest BCUT2D eigenvalue weighted by Gasteiger charge is 2.28. The third-order valence-electron chi connectivity index (χ3n) is 9.99. The summed E-state index contributed by atoms with van der Waals surface area (Å²) in [6, 6.07) is -1.54. The number of esters is 1. The smallest absolute Gasteiger partial charge is 0.472 e. The number of phosphoric ester groups is 1. The quantitative estimate of drug-likeness (QED) is 0.0201. The molecule has 0 aliphatic rings. The summed E-state index contributed by atoms with van der Waals surface area (Å²) in [4.78, 5) is 45.9. The van der Waals surface area contributed by atoms with Gasteiger partial charge < -0.3 is 25.2 Å². The first-order chi connectivity index (χ1) is 27.6. The van der Waals surface area contributed by atoms with Crippen LogP contribution >= 0.6 is 7.82 Å². The lowest BCUT2D eigenvalue weighted by Crippen LogP contribution is -2.43. The molecule has 0 rings (SSSR count). The van der Waals surface area contributed by atoms with Crippen LogP contribution in [0.15, 0.2) is 24.3 Å². The molecule has 1 amide bonds. The van der Waals surface area contributed by atoms with Gasteiger partial charge in [0.1, 0.15) is 12.7 Å². The van der Waals surface area contributed by atoms with Crippen LogP contribution in [0.3, 0.4) is 0 Å². The second-order valence-electron chi connectivity index (χ2n) is 15.6. The van der Waals surface area contributed by atoms with E-state index < -0.39 is 57.6 Å². The predicted molar refractivity (Wildman–Crippen MR) is 231 cm³/mol. The lowest BCUT2D eigenvalue weighted by molar-refractivity contribution is -0.147. The Balaban J connectivity index is 3.86. The van der Waals surface area contributed by atoms with E-state index in [0.29, 0.717) is 12.8 Å². The molecular formula is C45H84NO10P. The van der Waals surface area contributed by atoms with Crippen LogP contribution < -0.4 is 5.32 Å². The predicted octanol–water partition coefficient (Wildman–Crippen LogP) is 11.8. The average Bonchev–Trinajstić information content (AvgIpc) is 3.18. The number of aliphatic hydroxyl groups is 1. The van der Waals surface area contributed by atoms with Gasteiger partial charge in [-0.2, -0.15) is 0 Å². The lowest BCUT2D eigenvalue weighted by atomic mass is 10.0. The number of carbonyl (C=O) groups is 3. The van der Waals surface area contributed by atoms with Crippen molar-refractivity contribution in [3.8, 4) is 0 Å². The fourth-order valence-corrected chi connectivity index (χ4v) is 7.18. The Morgan fingerprint density at radius 2 is 0.965 bits per heavy atom. The number of hydrogen-bond acceptors (Lipinski definition) is 8. The molecule has 334 valence electrons. The van der Waals surface area contributed by atoms with Gasteiger partial charge in [0.2, 0.25) is 5.91 Å². The van der Waals surface area contributed by atoms with Gasteiger partial charge in [-0.15, -0.1) is 0 Å². The number of hydrogen-bond donors (Lipinski definition) is 4. The summed E-state index contributed by atoms with van der Waals surface area (Å²) >= 11 is 0. The number of carboxylic acid groups (broad SMARTS) is 1. The van der Waals surface area contributed by atoms with Gasteiger partial charge in [-0.25, -0.2) is 9.36 Å². The summed E-state index contributed by atoms with van der Waals surface area (Å²) < 4.78 is 26.8. The van der Waals surface area contributed by atoms with E-state index in [4.69, 9.17) is 13.8 Å². The molecule has 0 aromatic carbocycles. The average molecular weight is 830 g/mol. The van der Waals surface area contributed by atoms with E-state index in [2.05, 4.69) is 43.5 Å². The summed E-state index contributed by atoms with van der Waals surface area (Å²) in [7, 11) is -4.75. The molecule has 0 saturated carbocycles. The number of aliphatic hydroxyl groups excluding tert-OH is 1. The van der Waals surface area contributed by atoms with Gasteiger partial charge in [-0.1, -0.05) is 179 Å². The highest BCUT2D eigenvalue weighted by molar-refractivity contribution is 7.47. The first-order valence-electron chi connectivity index (χ1n) is 22.9. The molecule has 57 heavy (non-hydrogen) atoms. The van der Waals surface area contributed by atoms with E-state index >= 15 is 0 Å². The van der Waals surface area contributed by atoms with Crippen LogP contribution in [-0.2, 0) is 32.7 Å². The van der Waals surface area contributed by atoms with Crippen molar-refractivity contribution >= 4 is 25.7 Å². The number of carbonyl (C=O) groups excluding carboxylic acids is 2. The van der Waals surface area contributed by atoms with Crippen molar-refractivity contribution in [3.63, 3.8) is 0 Å². The van der Waals surface area contributed by atoms with Crippen molar-refractivity contribution in [2.24, 2.45) is 0 Å². The molecule has 0 aromatic rings. The second kappa shape index (κ2) is 40.7. The van der Waals surface area contributed by atoms with Crippen LogP contribution in [0.4, 0.5) is 0 Å². The van der Waals surface area contributed by atoms with E-state index in [1.165, 1.54) is 128 Å². The standard InChI is InChI=1S/C45H84NO10P/c1-3-5-7-9-11-13-15-17-18-19-20-21-22-23-24-25-26-28-30-32-34-36-43(48)46-42(45(50)51)40-56-57(52,53)55-39-41(47)38-54-44(49)37-35-33-31-29-27-16-14-12-10-8-6-4-2/h11,13,17-18,41-42,47H,3-10,12,14-16,19-40H2,1-2H3,(H,46,48)(H,50,51)(H,52,53)/b13-11-,18-17-. The minimum Gasteiger partial charge on any atom is -0.480 e. The monoisotopic (exact) mass is 830 g/mol. The molecule has 0 heterocycles. The number of rotatable bonds is 43. The molecule has 0 radical (unpaired) electrons. The topological polar surface area (TPSA) is 169 Å². The third-order valence-corrected chi connectivity index (χ3v) is 10.9. The molecule has 0 aliphatic carbocycles. The molecule has 0 saturated heterocycles. The Labute approximate surface area is 347 Å². The maximum Gasteiger partial charge on any atom is 0.472 e. The van der Waals surface area contributed by atoms with Crippen LogP contribution in [0.1, 0.15) is 213 Å². The van der Waals surface area contributed by atoms with Gasteiger partial charge in [0.15, 0.2) is 6.04 Å². The molecule has 12 heteroatoms. The molecule has 0 spiro atoms. The Bertz CT molecular complexity index is 1070. The minimum absolute atomic E-state index is 0.145. The van der Waals surface area contributed by atoms with Gasteiger partial charge in [-0.3, -0.25) is 18.6 Å². The summed E-state index contributed by atoms with van der Waals surface area (Å²) in [5.74, 6) is -2.37. The third kappa shape index (κ3) is 40.5. The SMILES string of the molecule is CCCCC/C=C\C/C=C\CCCCCCCCCCCCCC(=O)NC(COP(=O)(O)OCC(O)COC(=O)CCCCCCCCCCCCCC)C(=O)O. The maximum absolute atomic E-state index is 12.3. The van der Waals surface area contributed by atoms with Gasteiger partial charge >= 0.3 is 19.8 Å². The first kappa shape index (κ1) is 55.0. The van der Waals surface area contributed by atoms with Crippen molar-refractivity contribution in [1.29, 1.82) is 0 Å². The van der Waals surface area contributed by atoms with Crippen LogP contribution in [0.5, 0.6) is 0 Å². The van der Waals surface area contributed by atoms with Crippen LogP contribution in [0.2, 0.25) is 0 Å². The van der Waals surface area contributed by atoms with Crippen LogP contribution in [0, 0.1) is 0 Å². The van der Waals surface area contributed by atoms with Gasteiger partial charge in [-0.05, 0) is 44.9 Å². The van der Waals surface area contributed by atoms with E-state index in [1.54, 1.807) is 0 Å². The zero-order valence-corrected chi connectivity index (χ0v) is 37.0. The number of ether oxygens (including phenoxy) is 1. The van der Waals surface area contributed by atoms with Crippen LogP contribution in [0.25, 0.3) is 0 Å². The second-order valence-corrected chi connectivity index (χ2v) is 17.0. The molecule has 3 unspecified atom stereocenters. The van der Waals surface area contributed by atoms with Gasteiger partial charge in [0.25, 0.3) is 0 Å². The van der Waals surface area contributed by atoms with Gasteiger partial charge in [0, 0.05) is 12.8 Å². The molecule has 3 atom stereocenters. The largest absolute Gasteiger partial charge is 0.480 e. The fraction of sp³-hybridized carbons (Fsp3) is 0.844. The fourth-order valence-electron chi connectivity index (χ4n) is 6.40. The Morgan fingerprint density at radius 1 is 0.561 bits per heavy atom. The highest BCUT2D eigenvalue weighted by Crippen LogP contribution is 2.43. The molecular weight excluding hydrogens is 745 g/mol. The molecule has 0 aromatic heterocycles. The Morgan fingerprint density at radius 3 is 1.46 bits per heavy atom. The van der Waals surface area contributed by atoms with Crippen molar-refractivity contribution in [1.82, 2.24) is 5.32 Å². The zero-order chi connectivity index (χ0) is 42.1. The van der Waals surface area contributed by atoms with E-state index in [0.717, 1.165) is 44.9 Å². The van der Waals surface area contributed by atoms with Crippen molar-refractivity contribution in [2.75, 3.05) is 19.8 Å². The lowest BCUT2D eigenvalue weighted by Gasteiger charge is -2.18. The molecule has 4 N–H and O–H groups in total. The summed E-state index contributed by atoms with van der Waals surface area (Å²) in [6.45, 7) is 2.58. The Hall–Kier alpha value is -2.04. The normalized spacial score (nSPS) is 13.9. The minimum atomic E-state index is -4.75. The van der Waals surface area contributed by atoms with Crippen molar-refractivity contribution in [2.45, 2.75) is 225 Å². The summed E-state index contributed by atoms with van der Waals surface area (Å²) in [5.41, 5.74) is 0. The summed E-state index contributed by atoms with van der Waals surface area (Å²) in [6.07, 6.45) is 42.0. The number of amides is 1. The molecule has 11 nitrogen and oxygen atoms in total. The first-order valence-corrected chi connectivity index (χ1v) is 24.4. The van der Waals surface area contributed by atoms with Crippen LogP contribution in [-0.4, -0.2) is 64.9 Å². The Kier molecular flexibility index (Phi) is 39.3. The van der Waals surface area contributed by atoms with Gasteiger partial charge in [0.05, 0.1) is 13.2 Å². The number of aliphatic carboxylic acids is 1. The van der Waals surface area contributed by atoms with Crippen molar-refractivity contribution < 1.29 is 47.8 Å². The van der Waals surface area contributed by atoms with E-state index in [1.807, 2.05) is 0 Å². The summed E-state index contributed by atoms with van der Waals surface area (Å²) in [5, 5.41) is 21.8. The molecule has 0 fully saturated rings. The number of nitrogens with one attached hydrogen (secondary N) is 1. The maximum atomic E-state index is 12.3. The van der Waals surface area contributed by atoms with E-state index in [-0.39, 0.29) is 12.8 Å². The number of carboxylic acids is 1. The number of phosphoric acid groups is 1. The van der Waals surface area contributed by atoms with Crippen molar-refractivity contribution in [3.05, 3.63) is 24.3 Å². The number of allylic oxidation sites excluding steroid dienone is 4. The highest BCUT2D eigenvalue weighted by atomic mass is 31.2.